The van der Waals surface area contributed by atoms with Crippen molar-refractivity contribution >= 4 is 21.6 Å². The van der Waals surface area contributed by atoms with E-state index in [9.17, 15) is 13.2 Å². The van der Waals surface area contributed by atoms with Gasteiger partial charge in [0.05, 0.1) is 10.6 Å². The highest BCUT2D eigenvalue weighted by Gasteiger charge is 2.32. The number of hydrogen-bond acceptors (Lipinski definition) is 3. The average Bonchev–Trinajstić information content (AvgIpc) is 3.31. The highest BCUT2D eigenvalue weighted by Crippen LogP contribution is 2.34. The van der Waals surface area contributed by atoms with E-state index in [0.717, 1.165) is 31.5 Å². The molecule has 6 heteroatoms. The fourth-order valence-corrected chi connectivity index (χ4v) is 5.07. The zero-order valence-corrected chi connectivity index (χ0v) is 14.7. The van der Waals surface area contributed by atoms with Crippen molar-refractivity contribution < 1.29 is 13.2 Å². The van der Waals surface area contributed by atoms with Gasteiger partial charge in [0.2, 0.25) is 0 Å². The van der Waals surface area contributed by atoms with Gasteiger partial charge in [-0.25, -0.2) is 8.42 Å². The van der Waals surface area contributed by atoms with Gasteiger partial charge in [0.25, 0.3) is 15.9 Å². The van der Waals surface area contributed by atoms with Gasteiger partial charge in [-0.2, -0.15) is 0 Å². The molecule has 0 saturated carbocycles. The number of fused-ring (bicyclic) bond motifs is 1. The molecule has 25 heavy (non-hydrogen) atoms. The van der Waals surface area contributed by atoms with Crippen LogP contribution in [0, 0.1) is 0 Å². The quantitative estimate of drug-likeness (QED) is 0.850. The Morgan fingerprint density at radius 2 is 1.64 bits per heavy atom. The lowest BCUT2D eigenvalue weighted by atomic mass is 10.1. The van der Waals surface area contributed by atoms with Gasteiger partial charge in [-0.1, -0.05) is 24.3 Å². The fourth-order valence-electron chi connectivity index (χ4n) is 3.56. The number of carbonyl (C=O) groups excluding carboxylic acids is 1. The second kappa shape index (κ2) is 6.19. The number of likely N-dealkylation sites (tertiary alicyclic amines) is 1. The molecule has 2 heterocycles. The number of carbonyl (C=O) groups is 1. The van der Waals surface area contributed by atoms with Crippen LogP contribution in [0.5, 0.6) is 0 Å². The molecule has 0 radical (unpaired) electrons. The molecule has 2 aromatic carbocycles. The van der Waals surface area contributed by atoms with Crippen molar-refractivity contribution in [2.24, 2.45) is 0 Å². The molecule has 1 saturated heterocycles. The maximum atomic E-state index is 13.0. The summed E-state index contributed by atoms with van der Waals surface area (Å²) in [6, 6.07) is 13.9. The summed E-state index contributed by atoms with van der Waals surface area (Å²) >= 11 is 0. The normalized spacial score (nSPS) is 17.0. The van der Waals surface area contributed by atoms with E-state index in [2.05, 4.69) is 0 Å². The second-order valence-corrected chi connectivity index (χ2v) is 8.35. The van der Waals surface area contributed by atoms with Crippen molar-refractivity contribution in [1.82, 2.24) is 4.90 Å². The molecule has 0 N–H and O–H groups in total. The molecular formula is C19H20N2O3S. The number of sulfonamides is 1. The molecule has 0 unspecified atom stereocenters. The van der Waals surface area contributed by atoms with Crippen molar-refractivity contribution in [2.45, 2.75) is 24.2 Å². The lowest BCUT2D eigenvalue weighted by molar-refractivity contribution is 0.0793. The Morgan fingerprint density at radius 1 is 0.920 bits per heavy atom. The molecule has 4 rings (SSSR count). The van der Waals surface area contributed by atoms with E-state index >= 15 is 0 Å². The number of rotatable bonds is 3. The third-order valence-electron chi connectivity index (χ3n) is 4.91. The Hall–Kier alpha value is -2.34. The fraction of sp³-hybridized carbons (Fsp3) is 0.316. The zero-order valence-electron chi connectivity index (χ0n) is 13.9. The summed E-state index contributed by atoms with van der Waals surface area (Å²) in [6.45, 7) is 1.97. The SMILES string of the molecule is O=C(c1ccc2c(c1)N(S(=O)(=O)c1ccccc1)CC2)N1CCCC1. The van der Waals surface area contributed by atoms with Crippen LogP contribution in [0.3, 0.4) is 0 Å². The third-order valence-corrected chi connectivity index (χ3v) is 6.74. The monoisotopic (exact) mass is 356 g/mol. The molecule has 2 aromatic rings. The van der Waals surface area contributed by atoms with Crippen LogP contribution >= 0.6 is 0 Å². The number of benzene rings is 2. The van der Waals surface area contributed by atoms with Crippen LogP contribution in [0.2, 0.25) is 0 Å². The van der Waals surface area contributed by atoms with Crippen molar-refractivity contribution in [1.29, 1.82) is 0 Å². The van der Waals surface area contributed by atoms with E-state index < -0.39 is 10.0 Å². The van der Waals surface area contributed by atoms with Crippen molar-refractivity contribution in [2.75, 3.05) is 23.9 Å². The number of hydrogen-bond donors (Lipinski definition) is 0. The molecular weight excluding hydrogens is 336 g/mol. The highest BCUT2D eigenvalue weighted by atomic mass is 32.2. The number of nitrogens with zero attached hydrogens (tertiary/aromatic N) is 2. The molecule has 0 spiro atoms. The Labute approximate surface area is 147 Å². The molecule has 0 bridgehead atoms. The van der Waals surface area contributed by atoms with E-state index in [1.54, 1.807) is 36.4 Å². The van der Waals surface area contributed by atoms with E-state index in [0.29, 0.717) is 24.2 Å². The lowest BCUT2D eigenvalue weighted by Gasteiger charge is -2.21. The third kappa shape index (κ3) is 2.80. The predicted molar refractivity (Wildman–Crippen MR) is 96.3 cm³/mol. The van der Waals surface area contributed by atoms with Crippen molar-refractivity contribution in [3.8, 4) is 0 Å². The zero-order chi connectivity index (χ0) is 17.4. The smallest absolute Gasteiger partial charge is 0.264 e. The standard InChI is InChI=1S/C19H20N2O3S/c22-19(20-11-4-5-12-20)16-9-8-15-10-13-21(18(15)14-16)25(23,24)17-6-2-1-3-7-17/h1-3,6-9,14H,4-5,10-13H2. The molecule has 2 aliphatic heterocycles. The molecule has 0 aromatic heterocycles. The molecule has 1 amide bonds. The van der Waals surface area contributed by atoms with Crippen LogP contribution in [0.25, 0.3) is 0 Å². The Balaban J connectivity index is 1.70. The van der Waals surface area contributed by atoms with Gasteiger partial charge in [-0.3, -0.25) is 9.10 Å². The first kappa shape index (κ1) is 16.1. The Bertz CT molecular complexity index is 904. The summed E-state index contributed by atoms with van der Waals surface area (Å²) in [5.74, 6) is -0.00995. The summed E-state index contributed by atoms with van der Waals surface area (Å²) in [4.78, 5) is 14.7. The van der Waals surface area contributed by atoms with E-state index in [4.69, 9.17) is 0 Å². The van der Waals surface area contributed by atoms with Crippen LogP contribution in [-0.2, 0) is 16.4 Å². The van der Waals surface area contributed by atoms with E-state index in [1.165, 1.54) is 4.31 Å². The predicted octanol–water partition coefficient (Wildman–Crippen LogP) is 2.67. The second-order valence-electron chi connectivity index (χ2n) is 6.48. The van der Waals surface area contributed by atoms with Crippen LogP contribution in [-0.4, -0.2) is 38.9 Å². The van der Waals surface area contributed by atoms with E-state index in [1.807, 2.05) is 17.0 Å². The first-order valence-corrected chi connectivity index (χ1v) is 10.0. The number of anilines is 1. The van der Waals surface area contributed by atoms with Crippen LogP contribution in [0.15, 0.2) is 53.4 Å². The van der Waals surface area contributed by atoms with Gasteiger partial charge >= 0.3 is 0 Å². The molecule has 0 atom stereocenters. The summed E-state index contributed by atoms with van der Waals surface area (Å²) in [5, 5.41) is 0. The van der Waals surface area contributed by atoms with Crippen LogP contribution < -0.4 is 4.31 Å². The topological polar surface area (TPSA) is 57.7 Å². The first-order valence-electron chi connectivity index (χ1n) is 8.57. The average molecular weight is 356 g/mol. The minimum atomic E-state index is -3.61. The van der Waals surface area contributed by atoms with Crippen molar-refractivity contribution in [3.63, 3.8) is 0 Å². The van der Waals surface area contributed by atoms with Gasteiger partial charge < -0.3 is 4.90 Å². The molecule has 130 valence electrons. The summed E-state index contributed by atoms with van der Waals surface area (Å²) in [7, 11) is -3.61. The lowest BCUT2D eigenvalue weighted by Crippen LogP contribution is -2.30. The number of amides is 1. The van der Waals surface area contributed by atoms with Gasteiger partial charge in [-0.15, -0.1) is 0 Å². The van der Waals surface area contributed by atoms with Crippen molar-refractivity contribution in [3.05, 3.63) is 59.7 Å². The summed E-state index contributed by atoms with van der Waals surface area (Å²) < 4.78 is 27.4. The largest absolute Gasteiger partial charge is 0.339 e. The molecule has 2 aliphatic rings. The maximum absolute atomic E-state index is 13.0. The molecule has 1 fully saturated rings. The van der Waals surface area contributed by atoms with Crippen LogP contribution in [0.4, 0.5) is 5.69 Å². The Kier molecular flexibility index (Phi) is 4.00. The Morgan fingerprint density at radius 3 is 2.36 bits per heavy atom. The van der Waals surface area contributed by atoms with Gasteiger partial charge in [0, 0.05) is 25.2 Å². The van der Waals surface area contributed by atoms with Gasteiger partial charge in [-0.05, 0) is 49.1 Å². The van der Waals surface area contributed by atoms with E-state index in [-0.39, 0.29) is 10.8 Å². The van der Waals surface area contributed by atoms with Gasteiger partial charge in [0.1, 0.15) is 0 Å². The summed E-state index contributed by atoms with van der Waals surface area (Å²) in [5.41, 5.74) is 2.17. The van der Waals surface area contributed by atoms with Crippen LogP contribution in [0.1, 0.15) is 28.8 Å². The van der Waals surface area contributed by atoms with Gasteiger partial charge in [0.15, 0.2) is 0 Å². The molecule has 5 nitrogen and oxygen atoms in total. The minimum Gasteiger partial charge on any atom is -0.339 e. The summed E-state index contributed by atoms with van der Waals surface area (Å²) in [6.07, 6.45) is 2.73. The first-order chi connectivity index (χ1) is 12.1. The maximum Gasteiger partial charge on any atom is 0.264 e. The minimum absolute atomic E-state index is 0.00995. The highest BCUT2D eigenvalue weighted by molar-refractivity contribution is 7.92. The molecule has 0 aliphatic carbocycles.